The molecule has 3 heteroatoms. The molecule has 0 fully saturated rings. The minimum absolute atomic E-state index is 0.0743. The summed E-state index contributed by atoms with van der Waals surface area (Å²) >= 11 is 0. The number of aromatic nitrogens is 2. The maximum atomic E-state index is 11.1. The average Bonchev–Trinajstić information content (AvgIpc) is 2.65. The van der Waals surface area contributed by atoms with Crippen molar-refractivity contribution in [1.29, 1.82) is 0 Å². The first-order valence-corrected chi connectivity index (χ1v) is 5.59. The van der Waals surface area contributed by atoms with Gasteiger partial charge in [0.2, 0.25) is 0 Å². The number of Topliss-reactive ketones (excluding diaryl/α,β-unsaturated/α-hetero) is 1. The van der Waals surface area contributed by atoms with Crippen LogP contribution >= 0.6 is 0 Å². The zero-order valence-corrected chi connectivity index (χ0v) is 10.0. The van der Waals surface area contributed by atoms with Gasteiger partial charge in [0.25, 0.3) is 0 Å². The Kier molecular flexibility index (Phi) is 4.06. The molecular weight excluding hydrogens is 188 g/mol. The second kappa shape index (κ2) is 5.10. The van der Waals surface area contributed by atoms with Crippen LogP contribution in [0.1, 0.15) is 45.9 Å². The highest BCUT2D eigenvalue weighted by atomic mass is 16.1. The molecule has 0 saturated heterocycles. The van der Waals surface area contributed by atoms with Crippen LogP contribution in [0.25, 0.3) is 0 Å². The summed E-state index contributed by atoms with van der Waals surface area (Å²) in [5.41, 5.74) is 1.01. The van der Waals surface area contributed by atoms with Crippen molar-refractivity contribution in [3.8, 4) is 0 Å². The van der Waals surface area contributed by atoms with Gasteiger partial charge in [-0.25, -0.2) is 0 Å². The molecule has 0 aliphatic rings. The fourth-order valence-corrected chi connectivity index (χ4v) is 1.38. The third kappa shape index (κ3) is 3.18. The van der Waals surface area contributed by atoms with Crippen molar-refractivity contribution in [2.45, 2.75) is 46.6 Å². The largest absolute Gasteiger partial charge is 0.300 e. The molecule has 84 valence electrons. The lowest BCUT2D eigenvalue weighted by Gasteiger charge is -2.08. The molecule has 0 aliphatic carbocycles. The van der Waals surface area contributed by atoms with Gasteiger partial charge in [0, 0.05) is 24.6 Å². The average molecular weight is 208 g/mol. The van der Waals surface area contributed by atoms with Crippen LogP contribution in [-0.4, -0.2) is 15.6 Å². The smallest absolute Gasteiger partial charge is 0.133 e. The van der Waals surface area contributed by atoms with E-state index in [1.54, 1.807) is 6.92 Å². The minimum atomic E-state index is 0.0743. The van der Waals surface area contributed by atoms with Gasteiger partial charge in [0.05, 0.1) is 5.69 Å². The van der Waals surface area contributed by atoms with Crippen molar-refractivity contribution in [2.24, 2.45) is 5.92 Å². The van der Waals surface area contributed by atoms with E-state index in [9.17, 15) is 4.79 Å². The van der Waals surface area contributed by atoms with Gasteiger partial charge in [-0.15, -0.1) is 0 Å². The van der Waals surface area contributed by atoms with Gasteiger partial charge < -0.3 is 0 Å². The minimum Gasteiger partial charge on any atom is -0.300 e. The summed E-state index contributed by atoms with van der Waals surface area (Å²) in [6, 6.07) is 2.44. The molecule has 0 N–H and O–H groups in total. The normalized spacial score (nSPS) is 14.9. The van der Waals surface area contributed by atoms with E-state index in [0.29, 0.717) is 6.04 Å². The van der Waals surface area contributed by atoms with Crippen molar-refractivity contribution < 1.29 is 4.79 Å². The van der Waals surface area contributed by atoms with Crippen LogP contribution in [0.2, 0.25) is 0 Å². The van der Waals surface area contributed by atoms with E-state index < -0.39 is 0 Å². The Hall–Kier alpha value is -1.12. The van der Waals surface area contributed by atoms with Crippen molar-refractivity contribution in [3.63, 3.8) is 0 Å². The monoisotopic (exact) mass is 208 g/mol. The summed E-state index contributed by atoms with van der Waals surface area (Å²) in [7, 11) is 0. The number of carbonyl (C=O) groups is 1. The maximum Gasteiger partial charge on any atom is 0.133 e. The molecule has 15 heavy (non-hydrogen) atoms. The summed E-state index contributed by atoms with van der Waals surface area (Å²) in [6.07, 6.45) is 3.82. The molecule has 0 bridgehead atoms. The summed E-state index contributed by atoms with van der Waals surface area (Å²) in [4.78, 5) is 11.1. The molecule has 1 aromatic rings. The van der Waals surface area contributed by atoms with E-state index in [1.807, 2.05) is 23.9 Å². The van der Waals surface area contributed by atoms with Crippen LogP contribution in [-0.2, 0) is 11.2 Å². The molecule has 2 atom stereocenters. The van der Waals surface area contributed by atoms with Crippen LogP contribution in [0, 0.1) is 5.92 Å². The highest BCUT2D eigenvalue weighted by molar-refractivity contribution is 5.78. The van der Waals surface area contributed by atoms with Crippen LogP contribution < -0.4 is 0 Å². The highest BCUT2D eigenvalue weighted by Crippen LogP contribution is 2.12. The Morgan fingerprint density at radius 2 is 2.20 bits per heavy atom. The number of hydrogen-bond donors (Lipinski definition) is 0. The van der Waals surface area contributed by atoms with E-state index >= 15 is 0 Å². The fraction of sp³-hybridized carbons (Fsp3) is 0.667. The van der Waals surface area contributed by atoms with Gasteiger partial charge in [-0.05, 0) is 26.3 Å². The molecule has 0 spiro atoms. The van der Waals surface area contributed by atoms with Crippen LogP contribution in [0.4, 0.5) is 0 Å². The number of ketones is 1. The van der Waals surface area contributed by atoms with Crippen LogP contribution in [0.3, 0.4) is 0 Å². The molecule has 1 rings (SSSR count). The summed E-state index contributed by atoms with van der Waals surface area (Å²) < 4.78 is 1.97. The third-order valence-corrected chi connectivity index (χ3v) is 2.92. The first-order chi connectivity index (χ1) is 7.04. The molecule has 0 amide bonds. The van der Waals surface area contributed by atoms with Crippen molar-refractivity contribution in [3.05, 3.63) is 18.0 Å². The van der Waals surface area contributed by atoms with E-state index in [2.05, 4.69) is 18.9 Å². The predicted octanol–water partition coefficient (Wildman–Crippen LogP) is 2.62. The first kappa shape index (κ1) is 12.0. The van der Waals surface area contributed by atoms with Crippen molar-refractivity contribution in [1.82, 2.24) is 9.78 Å². The summed E-state index contributed by atoms with van der Waals surface area (Å²) in [5.74, 6) is 0.304. The van der Waals surface area contributed by atoms with Crippen LogP contribution in [0.15, 0.2) is 12.3 Å². The van der Waals surface area contributed by atoms with Gasteiger partial charge in [0.1, 0.15) is 5.78 Å². The molecule has 1 aromatic heterocycles. The predicted molar refractivity (Wildman–Crippen MR) is 60.8 cm³/mol. The zero-order valence-electron chi connectivity index (χ0n) is 10.0. The Balaban J connectivity index is 2.64. The summed E-state index contributed by atoms with van der Waals surface area (Å²) in [5, 5.41) is 4.47. The number of hydrogen-bond acceptors (Lipinski definition) is 2. The Labute approximate surface area is 91.5 Å². The van der Waals surface area contributed by atoms with Gasteiger partial charge in [-0.3, -0.25) is 9.48 Å². The van der Waals surface area contributed by atoms with Crippen LogP contribution in [0.5, 0.6) is 0 Å². The highest BCUT2D eigenvalue weighted by Gasteiger charge is 2.11. The maximum absolute atomic E-state index is 11.1. The second-order valence-corrected chi connectivity index (χ2v) is 4.26. The molecule has 1 heterocycles. The lowest BCUT2D eigenvalue weighted by atomic mass is 10.0. The molecule has 3 nitrogen and oxygen atoms in total. The first-order valence-electron chi connectivity index (χ1n) is 5.59. The lowest BCUT2D eigenvalue weighted by molar-refractivity contribution is -0.120. The van der Waals surface area contributed by atoms with Gasteiger partial charge >= 0.3 is 0 Å². The lowest BCUT2D eigenvalue weighted by Crippen LogP contribution is -2.11. The van der Waals surface area contributed by atoms with E-state index in [1.165, 1.54) is 0 Å². The second-order valence-electron chi connectivity index (χ2n) is 4.26. The molecular formula is C12H20N2O. The van der Waals surface area contributed by atoms with E-state index in [0.717, 1.165) is 18.5 Å². The standard InChI is InChI=1S/C12H20N2O/c1-5-10(3)14-7-6-12(13-14)8-9(2)11(4)15/h6-7,9-10H,5,8H2,1-4H3. The number of carbonyl (C=O) groups excluding carboxylic acids is 1. The fourth-order valence-electron chi connectivity index (χ4n) is 1.38. The molecule has 0 aromatic carbocycles. The van der Waals surface area contributed by atoms with Crippen molar-refractivity contribution in [2.75, 3.05) is 0 Å². The number of rotatable bonds is 5. The van der Waals surface area contributed by atoms with Gasteiger partial charge in [0.15, 0.2) is 0 Å². The SMILES string of the molecule is CCC(C)n1ccc(CC(C)C(C)=O)n1. The van der Waals surface area contributed by atoms with E-state index in [-0.39, 0.29) is 11.7 Å². The molecule has 2 unspecified atom stereocenters. The molecule has 0 saturated carbocycles. The van der Waals surface area contributed by atoms with Gasteiger partial charge in [-0.1, -0.05) is 13.8 Å². The quantitative estimate of drug-likeness (QED) is 0.745. The molecule has 0 radical (unpaired) electrons. The van der Waals surface area contributed by atoms with E-state index in [4.69, 9.17) is 0 Å². The topological polar surface area (TPSA) is 34.9 Å². The Morgan fingerprint density at radius 3 is 2.73 bits per heavy atom. The Bertz CT molecular complexity index is 330. The van der Waals surface area contributed by atoms with Crippen molar-refractivity contribution >= 4 is 5.78 Å². The summed E-state index contributed by atoms with van der Waals surface area (Å²) in [6.45, 7) is 7.87. The zero-order chi connectivity index (χ0) is 11.4. The van der Waals surface area contributed by atoms with Gasteiger partial charge in [-0.2, -0.15) is 5.10 Å². The molecule has 0 aliphatic heterocycles. The number of nitrogens with zero attached hydrogens (tertiary/aromatic N) is 2. The third-order valence-electron chi connectivity index (χ3n) is 2.92. The Morgan fingerprint density at radius 1 is 1.53 bits per heavy atom.